The van der Waals surface area contributed by atoms with Gasteiger partial charge in [0.1, 0.15) is 6.61 Å². The van der Waals surface area contributed by atoms with Gasteiger partial charge in [0.2, 0.25) is 0 Å². The third-order valence-corrected chi connectivity index (χ3v) is 4.15. The summed E-state index contributed by atoms with van der Waals surface area (Å²) in [6.07, 6.45) is 2.43. The molecule has 0 unspecified atom stereocenters. The SMILES string of the molecule is C=CCOc1c(Br)cc(/C=N\NC(=O)[C@@H](OC)c2ccccc2)cc1OC. The molecular weight excluding hydrogens is 412 g/mol. The molecular formula is C20H21BrN2O4. The number of ether oxygens (including phenoxy) is 3. The van der Waals surface area contributed by atoms with E-state index in [2.05, 4.69) is 33.0 Å². The molecule has 0 fully saturated rings. The second kappa shape index (κ2) is 10.5. The van der Waals surface area contributed by atoms with Crippen LogP contribution in [-0.2, 0) is 9.53 Å². The summed E-state index contributed by atoms with van der Waals surface area (Å²) in [6.45, 7) is 3.98. The molecule has 2 aromatic rings. The number of hydrogen-bond donors (Lipinski definition) is 1. The first-order valence-corrected chi connectivity index (χ1v) is 8.91. The molecule has 0 bridgehead atoms. The van der Waals surface area contributed by atoms with Crippen molar-refractivity contribution >= 4 is 28.1 Å². The van der Waals surface area contributed by atoms with Crippen LogP contribution in [0.4, 0.5) is 0 Å². The maximum atomic E-state index is 12.3. The van der Waals surface area contributed by atoms with Gasteiger partial charge in [-0.05, 0) is 39.2 Å². The summed E-state index contributed by atoms with van der Waals surface area (Å²) in [6, 6.07) is 12.8. The first-order chi connectivity index (χ1) is 13.1. The second-order valence-corrected chi connectivity index (χ2v) is 6.25. The topological polar surface area (TPSA) is 69.2 Å². The fourth-order valence-corrected chi connectivity index (χ4v) is 2.92. The minimum atomic E-state index is -0.737. The third-order valence-electron chi connectivity index (χ3n) is 3.56. The lowest BCUT2D eigenvalue weighted by atomic mass is 10.1. The fraction of sp³-hybridized carbons (Fsp3) is 0.200. The average Bonchev–Trinajstić information content (AvgIpc) is 2.68. The molecule has 0 aromatic heterocycles. The van der Waals surface area contributed by atoms with Crippen molar-refractivity contribution in [3.63, 3.8) is 0 Å². The van der Waals surface area contributed by atoms with Gasteiger partial charge in [-0.15, -0.1) is 0 Å². The monoisotopic (exact) mass is 432 g/mol. The predicted molar refractivity (Wildman–Crippen MR) is 108 cm³/mol. The maximum Gasteiger partial charge on any atom is 0.273 e. The summed E-state index contributed by atoms with van der Waals surface area (Å²) < 4.78 is 16.9. The van der Waals surface area contributed by atoms with Crippen LogP contribution in [0.3, 0.4) is 0 Å². The molecule has 0 aliphatic heterocycles. The summed E-state index contributed by atoms with van der Waals surface area (Å²) in [5.41, 5.74) is 3.96. The lowest BCUT2D eigenvalue weighted by molar-refractivity contribution is -0.131. The van der Waals surface area contributed by atoms with Gasteiger partial charge in [0.05, 0.1) is 17.8 Å². The van der Waals surface area contributed by atoms with E-state index in [1.54, 1.807) is 19.3 Å². The van der Waals surface area contributed by atoms with Gasteiger partial charge in [0.15, 0.2) is 17.6 Å². The Balaban J connectivity index is 2.10. The molecule has 1 N–H and O–H groups in total. The molecule has 27 heavy (non-hydrogen) atoms. The summed E-state index contributed by atoms with van der Waals surface area (Å²) in [5, 5.41) is 4.01. The second-order valence-electron chi connectivity index (χ2n) is 5.39. The van der Waals surface area contributed by atoms with Gasteiger partial charge < -0.3 is 14.2 Å². The Labute approximate surface area is 167 Å². The van der Waals surface area contributed by atoms with Crippen molar-refractivity contribution < 1.29 is 19.0 Å². The Bertz CT molecular complexity index is 809. The van der Waals surface area contributed by atoms with E-state index in [-0.39, 0.29) is 5.91 Å². The van der Waals surface area contributed by atoms with Crippen molar-refractivity contribution in [1.29, 1.82) is 0 Å². The molecule has 1 amide bonds. The van der Waals surface area contributed by atoms with Crippen molar-refractivity contribution in [2.75, 3.05) is 20.8 Å². The number of rotatable bonds is 9. The smallest absolute Gasteiger partial charge is 0.273 e. The molecule has 142 valence electrons. The Morgan fingerprint density at radius 1 is 1.30 bits per heavy atom. The standard InChI is InChI=1S/C20H21BrN2O4/c1-4-10-27-19-16(21)11-14(12-17(19)25-2)13-22-23-20(24)18(26-3)15-8-6-5-7-9-15/h4-9,11-13,18H,1,10H2,2-3H3,(H,23,24)/b22-13-/t18-/m0/s1. The van der Waals surface area contributed by atoms with Crippen molar-refractivity contribution in [3.8, 4) is 11.5 Å². The van der Waals surface area contributed by atoms with Crippen molar-refractivity contribution in [2.24, 2.45) is 5.10 Å². The molecule has 2 aromatic carbocycles. The van der Waals surface area contributed by atoms with Crippen LogP contribution in [0.25, 0.3) is 0 Å². The number of carbonyl (C=O) groups excluding carboxylic acids is 1. The summed E-state index contributed by atoms with van der Waals surface area (Å²) in [7, 11) is 3.03. The molecule has 0 aliphatic carbocycles. The summed E-state index contributed by atoms with van der Waals surface area (Å²) in [5.74, 6) is 0.747. The van der Waals surface area contributed by atoms with Crippen LogP contribution < -0.4 is 14.9 Å². The fourth-order valence-electron chi connectivity index (χ4n) is 2.35. The number of hydrogen-bond acceptors (Lipinski definition) is 5. The Morgan fingerprint density at radius 2 is 2.04 bits per heavy atom. The van der Waals surface area contributed by atoms with Gasteiger partial charge in [-0.3, -0.25) is 4.79 Å². The van der Waals surface area contributed by atoms with Gasteiger partial charge >= 0.3 is 0 Å². The minimum Gasteiger partial charge on any atom is -0.493 e. The molecule has 0 radical (unpaired) electrons. The minimum absolute atomic E-state index is 0.357. The van der Waals surface area contributed by atoms with Crippen LogP contribution >= 0.6 is 15.9 Å². The zero-order valence-electron chi connectivity index (χ0n) is 15.1. The van der Waals surface area contributed by atoms with E-state index < -0.39 is 6.10 Å². The number of carbonyl (C=O) groups is 1. The van der Waals surface area contributed by atoms with Crippen molar-refractivity contribution in [3.05, 3.63) is 70.7 Å². The normalized spacial score (nSPS) is 11.8. The van der Waals surface area contributed by atoms with Crippen molar-refractivity contribution in [1.82, 2.24) is 5.43 Å². The first kappa shape index (κ1) is 20.7. The quantitative estimate of drug-likeness (QED) is 0.371. The highest BCUT2D eigenvalue weighted by molar-refractivity contribution is 9.10. The zero-order valence-corrected chi connectivity index (χ0v) is 16.7. The lowest BCUT2D eigenvalue weighted by Gasteiger charge is -2.13. The van der Waals surface area contributed by atoms with Gasteiger partial charge in [-0.2, -0.15) is 5.10 Å². The maximum absolute atomic E-state index is 12.3. The molecule has 0 saturated carbocycles. The predicted octanol–water partition coefficient (Wildman–Crippen LogP) is 3.86. The molecule has 2 rings (SSSR count). The Morgan fingerprint density at radius 3 is 2.67 bits per heavy atom. The van der Waals surface area contributed by atoms with Crippen LogP contribution in [-0.4, -0.2) is 32.9 Å². The number of benzene rings is 2. The number of halogens is 1. The Hall–Kier alpha value is -2.64. The van der Waals surface area contributed by atoms with Gasteiger partial charge in [0, 0.05) is 7.11 Å². The molecule has 0 spiro atoms. The van der Waals surface area contributed by atoms with Crippen LogP contribution in [0.2, 0.25) is 0 Å². The molecule has 0 heterocycles. The molecule has 7 heteroatoms. The highest BCUT2D eigenvalue weighted by Gasteiger charge is 2.19. The Kier molecular flexibility index (Phi) is 8.03. The summed E-state index contributed by atoms with van der Waals surface area (Å²) >= 11 is 3.45. The van der Waals surface area contributed by atoms with Gasteiger partial charge in [0.25, 0.3) is 5.91 Å². The first-order valence-electron chi connectivity index (χ1n) is 8.12. The van der Waals surface area contributed by atoms with Crippen molar-refractivity contribution in [2.45, 2.75) is 6.10 Å². The number of nitrogens with one attached hydrogen (secondary N) is 1. The van der Waals surface area contributed by atoms with E-state index in [0.717, 1.165) is 11.1 Å². The van der Waals surface area contributed by atoms with E-state index in [1.165, 1.54) is 13.3 Å². The third kappa shape index (κ3) is 5.67. The van der Waals surface area contributed by atoms with E-state index in [4.69, 9.17) is 14.2 Å². The molecule has 1 atom stereocenters. The highest BCUT2D eigenvalue weighted by atomic mass is 79.9. The van der Waals surface area contributed by atoms with Crippen LogP contribution in [0.1, 0.15) is 17.2 Å². The van der Waals surface area contributed by atoms with Crippen LogP contribution in [0, 0.1) is 0 Å². The van der Waals surface area contributed by atoms with Crippen LogP contribution in [0.15, 0.2) is 64.7 Å². The molecule has 6 nitrogen and oxygen atoms in total. The van der Waals surface area contributed by atoms with E-state index in [0.29, 0.717) is 22.6 Å². The number of hydrazone groups is 1. The number of nitrogens with zero attached hydrogens (tertiary/aromatic N) is 1. The number of methoxy groups -OCH3 is 2. The highest BCUT2D eigenvalue weighted by Crippen LogP contribution is 2.36. The lowest BCUT2D eigenvalue weighted by Crippen LogP contribution is -2.26. The number of amides is 1. The zero-order chi connectivity index (χ0) is 19.6. The van der Waals surface area contributed by atoms with Gasteiger partial charge in [-0.25, -0.2) is 5.43 Å². The van der Waals surface area contributed by atoms with E-state index in [1.807, 2.05) is 36.4 Å². The summed E-state index contributed by atoms with van der Waals surface area (Å²) in [4.78, 5) is 12.3. The van der Waals surface area contributed by atoms with Crippen LogP contribution in [0.5, 0.6) is 11.5 Å². The largest absolute Gasteiger partial charge is 0.493 e. The van der Waals surface area contributed by atoms with E-state index >= 15 is 0 Å². The molecule has 0 saturated heterocycles. The molecule has 0 aliphatic rings. The van der Waals surface area contributed by atoms with Gasteiger partial charge in [-0.1, -0.05) is 43.0 Å². The average molecular weight is 433 g/mol. The van der Waals surface area contributed by atoms with E-state index in [9.17, 15) is 4.79 Å².